The molecule has 0 aliphatic carbocycles. The van der Waals surface area contributed by atoms with Crippen molar-refractivity contribution >= 4 is 0 Å². The van der Waals surface area contributed by atoms with Crippen LogP contribution in [-0.2, 0) is 4.74 Å². The second-order valence-corrected chi connectivity index (χ2v) is 6.81. The van der Waals surface area contributed by atoms with Crippen LogP contribution in [0.2, 0.25) is 0 Å². The lowest BCUT2D eigenvalue weighted by molar-refractivity contribution is -0.0119. The summed E-state index contributed by atoms with van der Waals surface area (Å²) in [5.41, 5.74) is 5.12. The third-order valence-electron chi connectivity index (χ3n) is 4.76. The van der Waals surface area contributed by atoms with E-state index in [0.29, 0.717) is 12.5 Å². The van der Waals surface area contributed by atoms with Crippen LogP contribution in [0.1, 0.15) is 25.0 Å². The molecule has 0 saturated carbocycles. The quantitative estimate of drug-likeness (QED) is 0.671. The van der Waals surface area contributed by atoms with Crippen molar-refractivity contribution in [1.29, 1.82) is 0 Å². The van der Waals surface area contributed by atoms with E-state index >= 15 is 0 Å². The fourth-order valence-electron chi connectivity index (χ4n) is 3.17. The number of aryl methyl sites for hydroxylation is 1. The number of hydrogen-bond acceptors (Lipinski definition) is 5. The SMILES string of the molecule is Cc1ccc(-c2ccc(-c3cc(OCC4CCCCO4)ncn3)cc2)cn1. The van der Waals surface area contributed by atoms with Crippen molar-refractivity contribution in [2.75, 3.05) is 13.2 Å². The van der Waals surface area contributed by atoms with Crippen molar-refractivity contribution in [3.8, 4) is 28.3 Å². The summed E-state index contributed by atoms with van der Waals surface area (Å²) in [5.74, 6) is 0.584. The van der Waals surface area contributed by atoms with Gasteiger partial charge in [0, 0.05) is 35.7 Å². The molecule has 4 rings (SSSR count). The van der Waals surface area contributed by atoms with Crippen LogP contribution in [0.5, 0.6) is 5.88 Å². The highest BCUT2D eigenvalue weighted by Gasteiger charge is 2.15. The van der Waals surface area contributed by atoms with Gasteiger partial charge in [0.25, 0.3) is 0 Å². The highest BCUT2D eigenvalue weighted by Crippen LogP contribution is 2.25. The van der Waals surface area contributed by atoms with Gasteiger partial charge in [-0.3, -0.25) is 4.98 Å². The van der Waals surface area contributed by atoms with E-state index in [1.165, 1.54) is 6.42 Å². The molecule has 5 heteroatoms. The molecule has 0 radical (unpaired) electrons. The minimum Gasteiger partial charge on any atom is -0.475 e. The third-order valence-corrected chi connectivity index (χ3v) is 4.76. The summed E-state index contributed by atoms with van der Waals surface area (Å²) in [5, 5.41) is 0. The van der Waals surface area contributed by atoms with Crippen molar-refractivity contribution in [3.63, 3.8) is 0 Å². The molecular formula is C22H23N3O2. The first kappa shape index (κ1) is 17.6. The molecule has 0 spiro atoms. The van der Waals surface area contributed by atoms with Crippen LogP contribution >= 0.6 is 0 Å². The molecule has 27 heavy (non-hydrogen) atoms. The lowest BCUT2D eigenvalue weighted by Gasteiger charge is -2.22. The molecule has 2 aromatic heterocycles. The Balaban J connectivity index is 1.45. The Bertz CT molecular complexity index is 873. The molecule has 138 valence electrons. The van der Waals surface area contributed by atoms with Crippen LogP contribution in [0.3, 0.4) is 0 Å². The summed E-state index contributed by atoms with van der Waals surface area (Å²) < 4.78 is 11.5. The normalized spacial score (nSPS) is 16.9. The molecule has 0 amide bonds. The Morgan fingerprint density at radius 2 is 1.78 bits per heavy atom. The van der Waals surface area contributed by atoms with Gasteiger partial charge in [-0.1, -0.05) is 30.3 Å². The minimum atomic E-state index is 0.166. The molecule has 5 nitrogen and oxygen atoms in total. The smallest absolute Gasteiger partial charge is 0.216 e. The number of ether oxygens (including phenoxy) is 2. The van der Waals surface area contributed by atoms with E-state index in [2.05, 4.69) is 45.3 Å². The van der Waals surface area contributed by atoms with Gasteiger partial charge in [0.2, 0.25) is 5.88 Å². The van der Waals surface area contributed by atoms with Crippen molar-refractivity contribution < 1.29 is 9.47 Å². The van der Waals surface area contributed by atoms with Crippen LogP contribution < -0.4 is 4.74 Å². The van der Waals surface area contributed by atoms with Gasteiger partial charge in [0.1, 0.15) is 12.9 Å². The number of pyridine rings is 1. The molecule has 3 aromatic rings. The van der Waals surface area contributed by atoms with Gasteiger partial charge >= 0.3 is 0 Å². The molecule has 1 unspecified atom stereocenters. The van der Waals surface area contributed by atoms with Crippen molar-refractivity contribution in [3.05, 3.63) is 60.7 Å². The number of rotatable bonds is 5. The number of aromatic nitrogens is 3. The first-order valence-corrected chi connectivity index (χ1v) is 9.38. The van der Waals surface area contributed by atoms with Crippen LogP contribution in [0.4, 0.5) is 0 Å². The minimum absolute atomic E-state index is 0.166. The lowest BCUT2D eigenvalue weighted by Crippen LogP contribution is -2.26. The van der Waals surface area contributed by atoms with Gasteiger partial charge in [-0.05, 0) is 37.8 Å². The Morgan fingerprint density at radius 3 is 2.52 bits per heavy atom. The Morgan fingerprint density at radius 1 is 0.963 bits per heavy atom. The van der Waals surface area contributed by atoms with Gasteiger partial charge in [0.15, 0.2) is 0 Å². The van der Waals surface area contributed by atoms with Crippen LogP contribution in [-0.4, -0.2) is 34.3 Å². The van der Waals surface area contributed by atoms with Crippen LogP contribution in [0.15, 0.2) is 55.0 Å². The first-order valence-electron chi connectivity index (χ1n) is 9.38. The molecule has 1 atom stereocenters. The highest BCUT2D eigenvalue weighted by atomic mass is 16.5. The summed E-state index contributed by atoms with van der Waals surface area (Å²) in [6.07, 6.45) is 7.00. The second-order valence-electron chi connectivity index (χ2n) is 6.81. The molecule has 0 N–H and O–H groups in total. The van der Waals surface area contributed by atoms with Gasteiger partial charge in [0.05, 0.1) is 11.8 Å². The molecule has 1 aliphatic heterocycles. The largest absolute Gasteiger partial charge is 0.475 e. The average Bonchev–Trinajstić information content (AvgIpc) is 2.74. The lowest BCUT2D eigenvalue weighted by atomic mass is 10.0. The Hall–Kier alpha value is -2.79. The van der Waals surface area contributed by atoms with Gasteiger partial charge in [-0.15, -0.1) is 0 Å². The molecule has 1 saturated heterocycles. The molecule has 3 heterocycles. The van der Waals surface area contributed by atoms with E-state index < -0.39 is 0 Å². The summed E-state index contributed by atoms with van der Waals surface area (Å²) >= 11 is 0. The molecule has 1 fully saturated rings. The van der Waals surface area contributed by atoms with E-state index in [1.54, 1.807) is 6.33 Å². The maximum atomic E-state index is 5.83. The van der Waals surface area contributed by atoms with Crippen LogP contribution in [0.25, 0.3) is 22.4 Å². The van der Waals surface area contributed by atoms with Crippen LogP contribution in [0, 0.1) is 6.92 Å². The zero-order chi connectivity index (χ0) is 18.5. The van der Waals surface area contributed by atoms with E-state index in [9.17, 15) is 0 Å². The monoisotopic (exact) mass is 361 g/mol. The zero-order valence-electron chi connectivity index (χ0n) is 15.5. The van der Waals surface area contributed by atoms with E-state index in [1.807, 2.05) is 25.3 Å². The average molecular weight is 361 g/mol. The van der Waals surface area contributed by atoms with E-state index in [0.717, 1.165) is 47.5 Å². The van der Waals surface area contributed by atoms with Crippen molar-refractivity contribution in [1.82, 2.24) is 15.0 Å². The number of hydrogen-bond donors (Lipinski definition) is 0. The predicted molar refractivity (Wildman–Crippen MR) is 105 cm³/mol. The fraction of sp³-hybridized carbons (Fsp3) is 0.318. The number of benzene rings is 1. The summed E-state index contributed by atoms with van der Waals surface area (Å²) in [4.78, 5) is 13.0. The van der Waals surface area contributed by atoms with Gasteiger partial charge < -0.3 is 9.47 Å². The summed E-state index contributed by atoms with van der Waals surface area (Å²) in [6.45, 7) is 3.35. The van der Waals surface area contributed by atoms with Gasteiger partial charge in [-0.2, -0.15) is 0 Å². The summed E-state index contributed by atoms with van der Waals surface area (Å²) in [6, 6.07) is 14.3. The topological polar surface area (TPSA) is 57.1 Å². The second kappa shape index (κ2) is 8.27. The van der Waals surface area contributed by atoms with E-state index in [4.69, 9.17) is 9.47 Å². The Labute approximate surface area is 159 Å². The third kappa shape index (κ3) is 4.49. The first-order chi connectivity index (χ1) is 13.3. The molecule has 0 bridgehead atoms. The van der Waals surface area contributed by atoms with Crippen molar-refractivity contribution in [2.24, 2.45) is 0 Å². The van der Waals surface area contributed by atoms with E-state index in [-0.39, 0.29) is 6.10 Å². The predicted octanol–water partition coefficient (Wildman–Crippen LogP) is 4.46. The summed E-state index contributed by atoms with van der Waals surface area (Å²) in [7, 11) is 0. The zero-order valence-corrected chi connectivity index (χ0v) is 15.5. The standard InChI is InChI=1S/C22H23N3O2/c1-16-5-6-19(13-23-16)17-7-9-18(10-8-17)21-12-22(25-15-24-21)27-14-20-4-2-3-11-26-20/h5-10,12-13,15,20H,2-4,11,14H2,1H3. The van der Waals surface area contributed by atoms with Crippen molar-refractivity contribution in [2.45, 2.75) is 32.3 Å². The Kier molecular flexibility index (Phi) is 5.39. The maximum Gasteiger partial charge on any atom is 0.216 e. The maximum absolute atomic E-state index is 5.83. The molecule has 1 aliphatic rings. The number of nitrogens with zero attached hydrogens (tertiary/aromatic N) is 3. The fourth-order valence-corrected chi connectivity index (χ4v) is 3.17. The molecular weight excluding hydrogens is 338 g/mol. The van der Waals surface area contributed by atoms with Gasteiger partial charge in [-0.25, -0.2) is 9.97 Å². The highest BCUT2D eigenvalue weighted by molar-refractivity contribution is 5.68. The molecule has 1 aromatic carbocycles.